The second-order valence-electron chi connectivity index (χ2n) is 19.3. The minimum atomic E-state index is -4.10. The number of carbonyl (C=O) groups excluding carboxylic acids is 3. The molecule has 1 saturated carbocycles. The zero-order valence-electron chi connectivity index (χ0n) is 41.9. The summed E-state index contributed by atoms with van der Waals surface area (Å²) in [6.45, 7) is 14.5. The highest BCUT2D eigenvalue weighted by Gasteiger charge is 2.52. The smallest absolute Gasteiger partial charge is 0.376 e. The molecule has 1 aliphatic carbocycles. The van der Waals surface area contributed by atoms with E-state index in [2.05, 4.69) is 6.07 Å². The standard InChI is InChI=1S/C55H68F4O11/c1-11-49(7,52(10,14-4)70-43-26-20-39(21-27-43)38-18-24-42(25-19-38)67-47(61)50(8,12-2)65-34-54(56,57)63)46(60)68-44-28-22-40(32-36(44)5)53(30-16-15-17-31-53)41-23-29-45(37(6)33-41)69-48(62)51(9,13-3)66-35-55(58,59)64/h18-29,32-33,63-64H,11-17,30-31,34-35H2,1-10H3. The number of halogens is 4. The van der Waals surface area contributed by atoms with E-state index in [4.69, 9.17) is 38.6 Å². The van der Waals surface area contributed by atoms with Gasteiger partial charge in [-0.2, -0.15) is 17.6 Å². The minimum Gasteiger partial charge on any atom is -0.486 e. The number of rotatable bonds is 22. The van der Waals surface area contributed by atoms with Crippen molar-refractivity contribution in [1.29, 1.82) is 0 Å². The minimum absolute atomic E-state index is 0.0351. The summed E-state index contributed by atoms with van der Waals surface area (Å²) in [5.74, 6) is -0.738. The summed E-state index contributed by atoms with van der Waals surface area (Å²) in [6, 6.07) is 25.6. The van der Waals surface area contributed by atoms with Crippen LogP contribution < -0.4 is 18.9 Å². The Bertz CT molecular complexity index is 2440. The fourth-order valence-corrected chi connectivity index (χ4v) is 8.76. The SMILES string of the molecule is CCC(C)(OCC(O)(F)F)C(=O)Oc1ccc(-c2ccc(OC(C)(CC)C(C)(CC)C(=O)Oc3ccc(C4(c5ccc(OC(=O)C(C)(CC)OCC(O)(F)F)c(C)c5)CCCCC4)cc3C)cc2)cc1. The Labute approximate surface area is 408 Å². The van der Waals surface area contributed by atoms with Crippen molar-refractivity contribution in [2.75, 3.05) is 13.2 Å². The lowest BCUT2D eigenvalue weighted by Gasteiger charge is -2.43. The Morgan fingerprint density at radius 2 is 0.957 bits per heavy atom. The molecule has 0 aliphatic heterocycles. The van der Waals surface area contributed by atoms with Gasteiger partial charge in [-0.1, -0.05) is 95.5 Å². The maximum absolute atomic E-state index is 14.4. The normalized spacial score (nSPS) is 17.5. The first-order valence-electron chi connectivity index (χ1n) is 24.0. The summed E-state index contributed by atoms with van der Waals surface area (Å²) in [5, 5.41) is 17.7. The molecule has 2 N–H and O–H groups in total. The predicted octanol–water partition coefficient (Wildman–Crippen LogP) is 12.1. The predicted molar refractivity (Wildman–Crippen MR) is 256 cm³/mol. The molecular weight excluding hydrogens is 913 g/mol. The van der Waals surface area contributed by atoms with Gasteiger partial charge in [0.15, 0.2) is 11.2 Å². The third-order valence-corrected chi connectivity index (χ3v) is 14.5. The molecule has 0 radical (unpaired) electrons. The third-order valence-electron chi connectivity index (χ3n) is 14.5. The average molecular weight is 981 g/mol. The van der Waals surface area contributed by atoms with Gasteiger partial charge in [-0.15, -0.1) is 0 Å². The first kappa shape index (κ1) is 55.6. The summed E-state index contributed by atoms with van der Waals surface area (Å²) in [6.07, 6.45) is -2.43. The van der Waals surface area contributed by atoms with Crippen molar-refractivity contribution in [2.45, 2.75) is 161 Å². The van der Waals surface area contributed by atoms with Gasteiger partial charge in [0, 0.05) is 5.41 Å². The van der Waals surface area contributed by atoms with E-state index >= 15 is 0 Å². The van der Waals surface area contributed by atoms with Crippen molar-refractivity contribution in [1.82, 2.24) is 0 Å². The van der Waals surface area contributed by atoms with E-state index in [0.29, 0.717) is 29.9 Å². The zero-order valence-corrected chi connectivity index (χ0v) is 41.9. The summed E-state index contributed by atoms with van der Waals surface area (Å²) < 4.78 is 86.6. The highest BCUT2D eigenvalue weighted by Crippen LogP contribution is 2.48. The van der Waals surface area contributed by atoms with E-state index in [1.165, 1.54) is 13.8 Å². The Balaban J connectivity index is 1.29. The summed E-state index contributed by atoms with van der Waals surface area (Å²) in [7, 11) is 0. The highest BCUT2D eigenvalue weighted by molar-refractivity contribution is 5.83. The van der Waals surface area contributed by atoms with Crippen LogP contribution in [0.15, 0.2) is 84.9 Å². The van der Waals surface area contributed by atoms with Crippen molar-refractivity contribution < 1.29 is 70.6 Å². The average Bonchev–Trinajstić information content (AvgIpc) is 3.33. The van der Waals surface area contributed by atoms with Crippen molar-refractivity contribution >= 4 is 17.9 Å². The van der Waals surface area contributed by atoms with Gasteiger partial charge in [-0.25, -0.2) is 9.59 Å². The van der Waals surface area contributed by atoms with Gasteiger partial charge in [0.1, 0.15) is 47.2 Å². The molecule has 4 unspecified atom stereocenters. The first-order chi connectivity index (χ1) is 32.7. The molecule has 0 heterocycles. The van der Waals surface area contributed by atoms with Gasteiger partial charge in [0.25, 0.3) is 0 Å². The van der Waals surface area contributed by atoms with Crippen molar-refractivity contribution in [3.8, 4) is 34.1 Å². The molecule has 0 spiro atoms. The summed E-state index contributed by atoms with van der Waals surface area (Å²) in [5.41, 5.74) is -0.692. The fourth-order valence-electron chi connectivity index (χ4n) is 8.76. The van der Waals surface area contributed by atoms with Crippen molar-refractivity contribution in [3.63, 3.8) is 0 Å². The molecule has 4 aromatic rings. The molecule has 0 aromatic heterocycles. The maximum Gasteiger partial charge on any atom is 0.376 e. The lowest BCUT2D eigenvalue weighted by molar-refractivity contribution is -0.251. The number of aliphatic hydroxyl groups is 2. The summed E-state index contributed by atoms with van der Waals surface area (Å²) >= 11 is 0. The molecule has 1 aliphatic rings. The molecule has 4 aromatic carbocycles. The first-order valence-corrected chi connectivity index (χ1v) is 24.0. The molecule has 382 valence electrons. The molecule has 1 fully saturated rings. The van der Waals surface area contributed by atoms with Crippen LogP contribution in [0.2, 0.25) is 0 Å². The largest absolute Gasteiger partial charge is 0.486 e. The Kier molecular flexibility index (Phi) is 17.4. The maximum atomic E-state index is 14.4. The Hall–Kier alpha value is -5.35. The van der Waals surface area contributed by atoms with Crippen LogP contribution in [0.5, 0.6) is 23.0 Å². The number of alkyl halides is 4. The van der Waals surface area contributed by atoms with Crippen molar-refractivity contribution in [2.24, 2.45) is 5.41 Å². The molecule has 0 bridgehead atoms. The quantitative estimate of drug-likeness (QED) is 0.0441. The van der Waals surface area contributed by atoms with Gasteiger partial charge in [-0.3, -0.25) is 4.79 Å². The van der Waals surface area contributed by atoms with E-state index in [1.807, 2.05) is 90.1 Å². The monoisotopic (exact) mass is 980 g/mol. The number of hydrogen-bond donors (Lipinski definition) is 2. The lowest BCUT2D eigenvalue weighted by Crippen LogP contribution is -2.54. The highest BCUT2D eigenvalue weighted by atomic mass is 19.3. The fraction of sp³-hybridized carbons (Fsp3) is 0.509. The second-order valence-corrected chi connectivity index (χ2v) is 19.3. The van der Waals surface area contributed by atoms with E-state index in [0.717, 1.165) is 59.9 Å². The second kappa shape index (κ2) is 22.0. The van der Waals surface area contributed by atoms with E-state index < -0.39 is 65.6 Å². The van der Waals surface area contributed by atoms with Crippen molar-refractivity contribution in [3.05, 3.63) is 107 Å². The molecule has 0 amide bonds. The van der Waals surface area contributed by atoms with Gasteiger partial charge in [-0.05, 0) is 150 Å². The topological polar surface area (TPSA) is 147 Å². The summed E-state index contributed by atoms with van der Waals surface area (Å²) in [4.78, 5) is 40.4. The van der Waals surface area contributed by atoms with Gasteiger partial charge in [0.2, 0.25) is 0 Å². The number of hydrogen-bond acceptors (Lipinski definition) is 11. The zero-order chi connectivity index (χ0) is 51.9. The number of esters is 3. The van der Waals surface area contributed by atoms with Crippen LogP contribution in [0, 0.1) is 19.3 Å². The van der Waals surface area contributed by atoms with E-state index in [9.17, 15) is 31.9 Å². The van der Waals surface area contributed by atoms with E-state index in [-0.39, 0.29) is 29.8 Å². The van der Waals surface area contributed by atoms with Crippen LogP contribution in [-0.4, -0.2) is 70.4 Å². The molecule has 15 heteroatoms. The Morgan fingerprint density at radius 3 is 1.34 bits per heavy atom. The number of benzene rings is 4. The molecule has 4 atom stereocenters. The van der Waals surface area contributed by atoms with Gasteiger partial charge >= 0.3 is 30.1 Å². The number of aryl methyl sites for hydroxylation is 2. The third kappa shape index (κ3) is 12.8. The van der Waals surface area contributed by atoms with Crippen LogP contribution in [0.3, 0.4) is 0 Å². The molecular formula is C55H68F4O11. The van der Waals surface area contributed by atoms with E-state index in [1.54, 1.807) is 44.2 Å². The number of carbonyl (C=O) groups is 3. The number of ether oxygens (including phenoxy) is 6. The van der Waals surface area contributed by atoms with Crippen LogP contribution in [0.25, 0.3) is 11.1 Å². The molecule has 70 heavy (non-hydrogen) atoms. The van der Waals surface area contributed by atoms with Crippen LogP contribution in [0.4, 0.5) is 17.6 Å². The lowest BCUT2D eigenvalue weighted by atomic mass is 9.65. The molecule has 5 rings (SSSR count). The van der Waals surface area contributed by atoms with Gasteiger partial charge in [0.05, 0.1) is 0 Å². The van der Waals surface area contributed by atoms with Crippen LogP contribution >= 0.6 is 0 Å². The molecule has 0 saturated heterocycles. The Morgan fingerprint density at radius 1 is 0.543 bits per heavy atom. The van der Waals surface area contributed by atoms with Crippen LogP contribution in [0.1, 0.15) is 135 Å². The van der Waals surface area contributed by atoms with Crippen LogP contribution in [-0.2, 0) is 29.3 Å². The molecule has 11 nitrogen and oxygen atoms in total. The van der Waals surface area contributed by atoms with Gasteiger partial charge < -0.3 is 38.6 Å².